The summed E-state index contributed by atoms with van der Waals surface area (Å²) in [4.78, 5) is 23.8. The molecule has 0 spiro atoms. The highest BCUT2D eigenvalue weighted by Crippen LogP contribution is 2.26. The van der Waals surface area contributed by atoms with Crippen molar-refractivity contribution >= 4 is 11.9 Å². The highest BCUT2D eigenvalue weighted by Gasteiger charge is 2.25. The molecule has 0 unspecified atom stereocenters. The zero-order chi connectivity index (χ0) is 17.8. The van der Waals surface area contributed by atoms with Gasteiger partial charge in [0.05, 0.1) is 5.56 Å². The second-order valence-electron chi connectivity index (χ2n) is 5.24. The number of nitrogens with two attached hydrogens (primary N) is 1. The van der Waals surface area contributed by atoms with Gasteiger partial charge in [-0.05, 0) is 24.3 Å². The van der Waals surface area contributed by atoms with Crippen LogP contribution in [0.4, 0.5) is 4.39 Å². The van der Waals surface area contributed by atoms with E-state index in [-0.39, 0.29) is 17.1 Å². The third kappa shape index (κ3) is 3.58. The molecule has 0 bridgehead atoms. The number of rotatable bonds is 5. The minimum absolute atomic E-state index is 0.152. The average Bonchev–Trinajstić information content (AvgIpc) is 3.10. The monoisotopic (exact) mass is 339 g/mol. The molecule has 0 aliphatic heterocycles. The number of amides is 1. The zero-order valence-corrected chi connectivity index (χ0v) is 13.0. The molecule has 6 heteroatoms. The van der Waals surface area contributed by atoms with Crippen LogP contribution >= 0.6 is 0 Å². The van der Waals surface area contributed by atoms with Gasteiger partial charge in [-0.1, -0.05) is 42.5 Å². The Hall–Kier alpha value is -3.41. The largest absolute Gasteiger partial charge is 0.449 e. The molecule has 2 N–H and O–H groups in total. The van der Waals surface area contributed by atoms with Crippen LogP contribution in [-0.2, 0) is 9.53 Å². The summed E-state index contributed by atoms with van der Waals surface area (Å²) in [5, 5.41) is 0. The van der Waals surface area contributed by atoms with Crippen LogP contribution in [0, 0.1) is 5.82 Å². The molecular weight excluding hydrogens is 325 g/mol. The number of benzene rings is 2. The van der Waals surface area contributed by atoms with Crippen molar-refractivity contribution in [3.05, 3.63) is 83.9 Å². The van der Waals surface area contributed by atoms with Gasteiger partial charge in [0.25, 0.3) is 5.91 Å². The Kier molecular flexibility index (Phi) is 4.61. The summed E-state index contributed by atoms with van der Waals surface area (Å²) < 4.78 is 24.3. The van der Waals surface area contributed by atoms with Crippen LogP contribution < -0.4 is 5.73 Å². The number of halogens is 1. The predicted octanol–water partition coefficient (Wildman–Crippen LogP) is 3.47. The van der Waals surface area contributed by atoms with Crippen LogP contribution in [0.15, 0.2) is 71.1 Å². The van der Waals surface area contributed by atoms with Gasteiger partial charge in [-0.2, -0.15) is 0 Å². The first kappa shape index (κ1) is 16.4. The Morgan fingerprint density at radius 3 is 2.32 bits per heavy atom. The summed E-state index contributed by atoms with van der Waals surface area (Å²) in [7, 11) is 0. The first-order valence-electron chi connectivity index (χ1n) is 7.46. The Labute approximate surface area is 142 Å². The third-order valence-corrected chi connectivity index (χ3v) is 3.53. The third-order valence-electron chi connectivity index (χ3n) is 3.53. The van der Waals surface area contributed by atoms with E-state index in [4.69, 9.17) is 14.9 Å². The lowest BCUT2D eigenvalue weighted by Gasteiger charge is -2.14. The Balaban J connectivity index is 1.82. The van der Waals surface area contributed by atoms with Gasteiger partial charge in [-0.3, -0.25) is 4.79 Å². The Morgan fingerprint density at radius 1 is 0.960 bits per heavy atom. The smallest absolute Gasteiger partial charge is 0.375 e. The molecule has 1 amide bonds. The summed E-state index contributed by atoms with van der Waals surface area (Å²) in [6.07, 6.45) is -1.24. The predicted molar refractivity (Wildman–Crippen MR) is 87.9 cm³/mol. The summed E-state index contributed by atoms with van der Waals surface area (Å²) in [6.45, 7) is 0. The van der Waals surface area contributed by atoms with Crippen molar-refractivity contribution in [2.75, 3.05) is 0 Å². The summed E-state index contributed by atoms with van der Waals surface area (Å²) in [6, 6.07) is 17.2. The molecule has 0 fully saturated rings. The summed E-state index contributed by atoms with van der Waals surface area (Å²) >= 11 is 0. The molecule has 0 saturated heterocycles. The Bertz CT molecular complexity index is 905. The van der Waals surface area contributed by atoms with E-state index in [1.54, 1.807) is 42.5 Å². The fourth-order valence-electron chi connectivity index (χ4n) is 2.34. The number of ether oxygens (including phenoxy) is 1. The van der Waals surface area contributed by atoms with Crippen LogP contribution in [0.25, 0.3) is 11.3 Å². The van der Waals surface area contributed by atoms with Gasteiger partial charge in [0.2, 0.25) is 11.9 Å². The zero-order valence-electron chi connectivity index (χ0n) is 13.0. The van der Waals surface area contributed by atoms with E-state index in [2.05, 4.69) is 0 Å². The van der Waals surface area contributed by atoms with Gasteiger partial charge in [0, 0.05) is 5.56 Å². The number of hydrogen-bond acceptors (Lipinski definition) is 4. The number of carbonyl (C=O) groups excluding carboxylic acids is 2. The van der Waals surface area contributed by atoms with E-state index in [1.807, 2.05) is 0 Å². The molecule has 5 nitrogen and oxygen atoms in total. The molecule has 126 valence electrons. The maximum absolute atomic E-state index is 13.8. The lowest BCUT2D eigenvalue weighted by molar-refractivity contribution is -0.127. The topological polar surface area (TPSA) is 82.5 Å². The molecular formula is C19H14FNO4. The molecule has 25 heavy (non-hydrogen) atoms. The first-order valence-corrected chi connectivity index (χ1v) is 7.46. The van der Waals surface area contributed by atoms with E-state index in [1.165, 1.54) is 24.3 Å². The van der Waals surface area contributed by atoms with E-state index in [0.29, 0.717) is 5.56 Å². The molecule has 2 aromatic carbocycles. The van der Waals surface area contributed by atoms with E-state index < -0.39 is 23.8 Å². The maximum Gasteiger partial charge on any atom is 0.375 e. The maximum atomic E-state index is 13.8. The van der Waals surface area contributed by atoms with E-state index in [0.717, 1.165) is 0 Å². The fraction of sp³-hybridized carbons (Fsp3) is 0.0526. The average molecular weight is 339 g/mol. The molecule has 3 aromatic rings. The lowest BCUT2D eigenvalue weighted by Crippen LogP contribution is -2.26. The molecule has 3 rings (SSSR count). The number of hydrogen-bond donors (Lipinski definition) is 1. The van der Waals surface area contributed by atoms with Crippen LogP contribution in [0.1, 0.15) is 22.2 Å². The number of furan rings is 1. The molecule has 0 radical (unpaired) electrons. The second kappa shape index (κ2) is 7.00. The van der Waals surface area contributed by atoms with Gasteiger partial charge in [-0.15, -0.1) is 0 Å². The van der Waals surface area contributed by atoms with Crippen LogP contribution in [0.3, 0.4) is 0 Å². The van der Waals surface area contributed by atoms with Crippen molar-refractivity contribution in [3.8, 4) is 11.3 Å². The van der Waals surface area contributed by atoms with Crippen LogP contribution in [0.5, 0.6) is 0 Å². The minimum Gasteiger partial charge on any atom is -0.449 e. The van der Waals surface area contributed by atoms with Gasteiger partial charge in [0.1, 0.15) is 11.6 Å². The molecule has 1 aromatic heterocycles. The Morgan fingerprint density at radius 2 is 1.64 bits per heavy atom. The lowest BCUT2D eigenvalue weighted by atomic mass is 10.1. The molecule has 0 aliphatic carbocycles. The van der Waals surface area contributed by atoms with Crippen LogP contribution in [0.2, 0.25) is 0 Å². The van der Waals surface area contributed by atoms with Crippen molar-refractivity contribution in [1.82, 2.24) is 0 Å². The van der Waals surface area contributed by atoms with Crippen molar-refractivity contribution < 1.29 is 23.1 Å². The number of esters is 1. The van der Waals surface area contributed by atoms with Gasteiger partial charge in [0.15, 0.2) is 0 Å². The van der Waals surface area contributed by atoms with Gasteiger partial charge >= 0.3 is 5.97 Å². The quantitative estimate of drug-likeness (QED) is 0.722. The van der Waals surface area contributed by atoms with Gasteiger partial charge < -0.3 is 14.9 Å². The standard InChI is InChI=1S/C19H14FNO4/c20-14-9-5-4-8-13(14)15-10-11-16(24-15)19(23)25-17(18(21)22)12-6-2-1-3-7-12/h1-11,17H,(H2,21,22)/t17-/m0/s1. The normalized spacial score (nSPS) is 11.7. The van der Waals surface area contributed by atoms with Crippen molar-refractivity contribution in [2.45, 2.75) is 6.10 Å². The number of carbonyl (C=O) groups is 2. The summed E-state index contributed by atoms with van der Waals surface area (Å²) in [5.41, 5.74) is 5.98. The van der Waals surface area contributed by atoms with Crippen molar-refractivity contribution in [3.63, 3.8) is 0 Å². The van der Waals surface area contributed by atoms with Crippen molar-refractivity contribution in [2.24, 2.45) is 5.73 Å². The highest BCUT2D eigenvalue weighted by molar-refractivity contribution is 5.90. The van der Waals surface area contributed by atoms with Gasteiger partial charge in [-0.25, -0.2) is 9.18 Å². The van der Waals surface area contributed by atoms with E-state index in [9.17, 15) is 14.0 Å². The molecule has 0 saturated carbocycles. The molecule has 1 heterocycles. The highest BCUT2D eigenvalue weighted by atomic mass is 19.1. The minimum atomic E-state index is -1.24. The molecule has 1 atom stereocenters. The SMILES string of the molecule is NC(=O)[C@@H](OC(=O)c1ccc(-c2ccccc2F)o1)c1ccccc1. The fourth-order valence-corrected chi connectivity index (χ4v) is 2.34. The van der Waals surface area contributed by atoms with Crippen LogP contribution in [-0.4, -0.2) is 11.9 Å². The number of primary amides is 1. The summed E-state index contributed by atoms with van der Waals surface area (Å²) in [5.74, 6) is -2.12. The van der Waals surface area contributed by atoms with Crippen molar-refractivity contribution in [1.29, 1.82) is 0 Å². The second-order valence-corrected chi connectivity index (χ2v) is 5.24. The molecule has 0 aliphatic rings. The first-order chi connectivity index (χ1) is 12.1. The van der Waals surface area contributed by atoms with E-state index >= 15 is 0 Å².